The Morgan fingerprint density at radius 2 is 2.00 bits per heavy atom. The van der Waals surface area contributed by atoms with Gasteiger partial charge in [-0.3, -0.25) is 4.79 Å². The van der Waals surface area contributed by atoms with E-state index < -0.39 is 22.0 Å². The molecule has 1 fully saturated rings. The minimum Gasteiger partial charge on any atom is -0.480 e. The van der Waals surface area contributed by atoms with Crippen molar-refractivity contribution in [2.75, 3.05) is 12.3 Å². The van der Waals surface area contributed by atoms with Gasteiger partial charge in [0.2, 0.25) is 10.0 Å². The molecule has 0 unspecified atom stereocenters. The molecule has 1 atom stereocenters. The smallest absolute Gasteiger partial charge is 0.322 e. The standard InChI is InChI=1S/C10H19NO4S/c1-10(2,3)7-16(14,15)11-6-4-5-8(11)9(12)13/h8H,4-7H2,1-3H3,(H,12,13)/t8-/m0/s1. The number of carboxylic acid groups (broad SMARTS) is 1. The van der Waals surface area contributed by atoms with Gasteiger partial charge in [-0.05, 0) is 18.3 Å². The van der Waals surface area contributed by atoms with Gasteiger partial charge in [0.25, 0.3) is 0 Å². The van der Waals surface area contributed by atoms with Gasteiger partial charge in [0, 0.05) is 6.54 Å². The van der Waals surface area contributed by atoms with Crippen LogP contribution in [0.25, 0.3) is 0 Å². The third-order valence-corrected chi connectivity index (χ3v) is 4.84. The number of nitrogens with zero attached hydrogens (tertiary/aromatic N) is 1. The molecule has 1 saturated heterocycles. The second kappa shape index (κ2) is 4.33. The van der Waals surface area contributed by atoms with E-state index in [1.807, 2.05) is 20.8 Å². The highest BCUT2D eigenvalue weighted by Gasteiger charge is 2.39. The first-order valence-corrected chi connectivity index (χ1v) is 6.97. The molecule has 0 radical (unpaired) electrons. The number of carboxylic acids is 1. The first kappa shape index (κ1) is 13.4. The maximum absolute atomic E-state index is 12.0. The molecule has 1 aliphatic heterocycles. The van der Waals surface area contributed by atoms with E-state index in [2.05, 4.69) is 0 Å². The van der Waals surface area contributed by atoms with E-state index in [0.717, 1.165) is 4.31 Å². The summed E-state index contributed by atoms with van der Waals surface area (Å²) in [5, 5.41) is 8.94. The molecule has 0 aromatic carbocycles. The minimum atomic E-state index is -3.46. The van der Waals surface area contributed by atoms with Gasteiger partial charge in [0.1, 0.15) is 6.04 Å². The quantitative estimate of drug-likeness (QED) is 0.806. The summed E-state index contributed by atoms with van der Waals surface area (Å²) < 4.78 is 25.2. The van der Waals surface area contributed by atoms with Crippen molar-refractivity contribution in [3.8, 4) is 0 Å². The molecular formula is C10H19NO4S. The van der Waals surface area contributed by atoms with Gasteiger partial charge in [-0.1, -0.05) is 20.8 Å². The van der Waals surface area contributed by atoms with Crippen molar-refractivity contribution in [2.45, 2.75) is 39.7 Å². The average Bonchev–Trinajstić information content (AvgIpc) is 2.45. The van der Waals surface area contributed by atoms with Gasteiger partial charge in [0.05, 0.1) is 5.75 Å². The summed E-state index contributed by atoms with van der Waals surface area (Å²) >= 11 is 0. The zero-order chi connectivity index (χ0) is 12.6. The van der Waals surface area contributed by atoms with Crippen molar-refractivity contribution in [1.82, 2.24) is 4.31 Å². The molecule has 0 spiro atoms. The lowest BCUT2D eigenvalue weighted by atomic mass is 10.0. The highest BCUT2D eigenvalue weighted by atomic mass is 32.2. The predicted octanol–water partition coefficient (Wildman–Crippen LogP) is 0.911. The summed E-state index contributed by atoms with van der Waals surface area (Å²) in [6.45, 7) is 5.82. The zero-order valence-electron chi connectivity index (χ0n) is 9.93. The highest BCUT2D eigenvalue weighted by molar-refractivity contribution is 7.89. The van der Waals surface area contributed by atoms with Gasteiger partial charge in [-0.15, -0.1) is 0 Å². The van der Waals surface area contributed by atoms with Gasteiger partial charge in [-0.2, -0.15) is 4.31 Å². The maximum Gasteiger partial charge on any atom is 0.322 e. The monoisotopic (exact) mass is 249 g/mol. The molecule has 94 valence electrons. The maximum atomic E-state index is 12.0. The Kier molecular flexibility index (Phi) is 3.64. The number of rotatable bonds is 3. The predicted molar refractivity (Wildman–Crippen MR) is 60.6 cm³/mol. The van der Waals surface area contributed by atoms with Crippen LogP contribution in [0.2, 0.25) is 0 Å². The van der Waals surface area contributed by atoms with Crippen LogP contribution < -0.4 is 0 Å². The summed E-state index contributed by atoms with van der Waals surface area (Å²) in [4.78, 5) is 10.9. The van der Waals surface area contributed by atoms with Gasteiger partial charge in [0.15, 0.2) is 0 Å². The summed E-state index contributed by atoms with van der Waals surface area (Å²) in [6.07, 6.45) is 1.04. The number of sulfonamides is 1. The molecule has 0 bridgehead atoms. The van der Waals surface area contributed by atoms with Crippen LogP contribution in [0.1, 0.15) is 33.6 Å². The van der Waals surface area contributed by atoms with Crippen molar-refractivity contribution in [1.29, 1.82) is 0 Å². The largest absolute Gasteiger partial charge is 0.480 e. The molecule has 1 rings (SSSR count). The molecule has 0 aromatic heterocycles. The second-order valence-corrected chi connectivity index (χ2v) is 7.35. The molecule has 6 heteroatoms. The Morgan fingerprint density at radius 3 is 2.44 bits per heavy atom. The van der Waals surface area contributed by atoms with E-state index in [-0.39, 0.29) is 11.2 Å². The highest BCUT2D eigenvalue weighted by Crippen LogP contribution is 2.25. The van der Waals surface area contributed by atoms with Crippen molar-refractivity contribution in [3.05, 3.63) is 0 Å². The Bertz CT molecular complexity index is 369. The van der Waals surface area contributed by atoms with E-state index >= 15 is 0 Å². The van der Waals surface area contributed by atoms with Crippen LogP contribution in [0.3, 0.4) is 0 Å². The van der Waals surface area contributed by atoms with E-state index in [0.29, 0.717) is 19.4 Å². The van der Waals surface area contributed by atoms with Crippen molar-refractivity contribution < 1.29 is 18.3 Å². The summed E-state index contributed by atoms with van der Waals surface area (Å²) in [5.41, 5.74) is -0.357. The van der Waals surface area contributed by atoms with Crippen LogP contribution in [0.5, 0.6) is 0 Å². The number of hydrogen-bond acceptors (Lipinski definition) is 3. The van der Waals surface area contributed by atoms with Crippen molar-refractivity contribution in [2.24, 2.45) is 5.41 Å². The topological polar surface area (TPSA) is 74.7 Å². The molecule has 0 saturated carbocycles. The minimum absolute atomic E-state index is 0.0101. The molecule has 1 aliphatic rings. The first-order chi connectivity index (χ1) is 7.13. The average molecular weight is 249 g/mol. The lowest BCUT2D eigenvalue weighted by Gasteiger charge is -2.25. The Hall–Kier alpha value is -0.620. The number of hydrogen-bond donors (Lipinski definition) is 1. The van der Waals surface area contributed by atoms with Crippen LogP contribution >= 0.6 is 0 Å². The number of carbonyl (C=O) groups is 1. The summed E-state index contributed by atoms with van der Waals surface area (Å²) in [5.74, 6) is -1.06. The zero-order valence-corrected chi connectivity index (χ0v) is 10.7. The van der Waals surface area contributed by atoms with Gasteiger partial charge < -0.3 is 5.11 Å². The molecule has 0 aliphatic carbocycles. The Labute approximate surface area is 96.5 Å². The van der Waals surface area contributed by atoms with Crippen LogP contribution in [-0.4, -0.2) is 42.1 Å². The van der Waals surface area contributed by atoms with Gasteiger partial charge >= 0.3 is 5.97 Å². The van der Waals surface area contributed by atoms with Gasteiger partial charge in [-0.25, -0.2) is 8.42 Å². The lowest BCUT2D eigenvalue weighted by molar-refractivity contribution is -0.140. The van der Waals surface area contributed by atoms with Crippen LogP contribution in [0, 0.1) is 5.41 Å². The second-order valence-electron chi connectivity index (χ2n) is 5.42. The summed E-state index contributed by atoms with van der Waals surface area (Å²) in [7, 11) is -3.46. The molecular weight excluding hydrogens is 230 g/mol. The number of aliphatic carboxylic acids is 1. The lowest BCUT2D eigenvalue weighted by Crippen LogP contribution is -2.43. The molecule has 0 amide bonds. The van der Waals surface area contributed by atoms with Crippen molar-refractivity contribution >= 4 is 16.0 Å². The first-order valence-electron chi connectivity index (χ1n) is 5.36. The van der Waals surface area contributed by atoms with E-state index in [1.54, 1.807) is 0 Å². The molecule has 0 aromatic rings. The fraction of sp³-hybridized carbons (Fsp3) is 0.900. The van der Waals surface area contributed by atoms with E-state index in [1.165, 1.54) is 0 Å². The Balaban J connectivity index is 2.87. The van der Waals surface area contributed by atoms with E-state index in [9.17, 15) is 13.2 Å². The Morgan fingerprint density at radius 1 is 1.44 bits per heavy atom. The molecule has 5 nitrogen and oxygen atoms in total. The van der Waals surface area contributed by atoms with Crippen LogP contribution in [0.15, 0.2) is 0 Å². The fourth-order valence-corrected chi connectivity index (χ4v) is 4.20. The molecule has 1 N–H and O–H groups in total. The van der Waals surface area contributed by atoms with Crippen LogP contribution in [-0.2, 0) is 14.8 Å². The third kappa shape index (κ3) is 3.18. The third-order valence-electron chi connectivity index (χ3n) is 2.46. The summed E-state index contributed by atoms with van der Waals surface area (Å²) in [6, 6.07) is -0.868. The van der Waals surface area contributed by atoms with Crippen LogP contribution in [0.4, 0.5) is 0 Å². The SMILES string of the molecule is CC(C)(C)CS(=O)(=O)N1CCC[C@H]1C(=O)O. The molecule has 1 heterocycles. The van der Waals surface area contributed by atoms with Crippen molar-refractivity contribution in [3.63, 3.8) is 0 Å². The fourth-order valence-electron chi connectivity index (χ4n) is 1.95. The normalized spacial score (nSPS) is 23.6. The van der Waals surface area contributed by atoms with E-state index in [4.69, 9.17) is 5.11 Å². The molecule has 16 heavy (non-hydrogen) atoms.